The van der Waals surface area contributed by atoms with Gasteiger partial charge in [0.15, 0.2) is 0 Å². The standard InChI is InChI=1S/C8H10F3N3O3S/c1-14-3-2-6-5(4-14)7(13-12-6)17-18(15,16)8(9,10)11/h2-4H2,1H3,(H,12,13). The smallest absolute Gasteiger partial charge is 0.353 e. The van der Waals surface area contributed by atoms with Crippen LogP contribution in [0.15, 0.2) is 0 Å². The van der Waals surface area contributed by atoms with Crippen LogP contribution in [0.3, 0.4) is 0 Å². The van der Waals surface area contributed by atoms with Crippen LogP contribution in [0.25, 0.3) is 0 Å². The minimum atomic E-state index is -5.67. The molecule has 0 aromatic carbocycles. The molecule has 1 aliphatic heterocycles. The van der Waals surface area contributed by atoms with Crippen molar-refractivity contribution in [2.45, 2.75) is 18.5 Å². The summed E-state index contributed by atoms with van der Waals surface area (Å²) in [5.41, 5.74) is -4.52. The first-order chi connectivity index (χ1) is 8.21. The summed E-state index contributed by atoms with van der Waals surface area (Å²) in [7, 11) is -3.91. The molecule has 1 aliphatic rings. The van der Waals surface area contributed by atoms with Crippen molar-refractivity contribution in [1.29, 1.82) is 0 Å². The molecule has 1 aromatic rings. The molecule has 2 heterocycles. The molecule has 0 saturated carbocycles. The minimum absolute atomic E-state index is 0.286. The molecule has 0 amide bonds. The van der Waals surface area contributed by atoms with Gasteiger partial charge in [0.25, 0.3) is 5.88 Å². The van der Waals surface area contributed by atoms with Crippen LogP contribution in [0.4, 0.5) is 13.2 Å². The molecule has 0 aliphatic carbocycles. The van der Waals surface area contributed by atoms with Crippen molar-refractivity contribution in [3.05, 3.63) is 11.3 Å². The summed E-state index contributed by atoms with van der Waals surface area (Å²) in [5.74, 6) is -0.533. The van der Waals surface area contributed by atoms with Gasteiger partial charge in [-0.05, 0) is 7.05 Å². The summed E-state index contributed by atoms with van der Waals surface area (Å²) in [4.78, 5) is 1.82. The van der Waals surface area contributed by atoms with Crippen LogP contribution in [0.5, 0.6) is 5.88 Å². The van der Waals surface area contributed by atoms with Crippen LogP contribution in [0.2, 0.25) is 0 Å². The number of nitrogens with zero attached hydrogens (tertiary/aromatic N) is 2. The molecular formula is C8H10F3N3O3S. The van der Waals surface area contributed by atoms with Gasteiger partial charge in [0.05, 0.1) is 5.56 Å². The Morgan fingerprint density at radius 2 is 2.11 bits per heavy atom. The molecule has 1 N–H and O–H groups in total. The first kappa shape index (κ1) is 13.1. The highest BCUT2D eigenvalue weighted by Crippen LogP contribution is 2.30. The number of alkyl halides is 3. The zero-order valence-electron chi connectivity index (χ0n) is 9.28. The third-order valence-electron chi connectivity index (χ3n) is 2.56. The number of aromatic nitrogens is 2. The number of likely N-dealkylation sites (N-methyl/N-ethyl adjacent to an activating group) is 1. The summed E-state index contributed by atoms with van der Waals surface area (Å²) < 4.78 is 62.3. The molecule has 0 bridgehead atoms. The Labute approximate surface area is 101 Å². The maximum Gasteiger partial charge on any atom is 0.534 e. The highest BCUT2D eigenvalue weighted by molar-refractivity contribution is 7.87. The predicted octanol–water partition coefficient (Wildman–Crippen LogP) is 0.626. The molecule has 0 radical (unpaired) electrons. The summed E-state index contributed by atoms with van der Waals surface area (Å²) in [6.07, 6.45) is 0.550. The Morgan fingerprint density at radius 3 is 2.72 bits per heavy atom. The van der Waals surface area contributed by atoms with Gasteiger partial charge >= 0.3 is 15.6 Å². The molecule has 0 fully saturated rings. The molecule has 0 saturated heterocycles. The molecule has 10 heteroatoms. The van der Waals surface area contributed by atoms with Gasteiger partial charge in [0.1, 0.15) is 0 Å². The van der Waals surface area contributed by atoms with Crippen LogP contribution in [0, 0.1) is 0 Å². The van der Waals surface area contributed by atoms with Crippen molar-refractivity contribution < 1.29 is 25.8 Å². The van der Waals surface area contributed by atoms with Crippen molar-refractivity contribution >= 4 is 10.1 Å². The molecule has 18 heavy (non-hydrogen) atoms. The molecule has 0 spiro atoms. The second-order valence-electron chi connectivity index (χ2n) is 3.96. The molecule has 6 nitrogen and oxygen atoms in total. The predicted molar refractivity (Wildman–Crippen MR) is 54.2 cm³/mol. The molecule has 0 atom stereocenters. The maximum absolute atomic E-state index is 12.2. The number of H-pyrrole nitrogens is 1. The van der Waals surface area contributed by atoms with Gasteiger partial charge in [-0.1, -0.05) is 0 Å². The first-order valence-electron chi connectivity index (χ1n) is 4.96. The number of nitrogens with one attached hydrogen (secondary N) is 1. The lowest BCUT2D eigenvalue weighted by Gasteiger charge is -2.21. The third-order valence-corrected chi connectivity index (χ3v) is 3.50. The SMILES string of the molecule is CN1CCc2[nH]nc(OS(=O)(=O)C(F)(F)F)c2C1. The number of rotatable bonds is 2. The van der Waals surface area contributed by atoms with Crippen LogP contribution >= 0.6 is 0 Å². The summed E-state index contributed by atoms with van der Waals surface area (Å²) >= 11 is 0. The lowest BCUT2D eigenvalue weighted by Crippen LogP contribution is -2.30. The molecule has 0 unspecified atom stereocenters. The zero-order valence-corrected chi connectivity index (χ0v) is 10.1. The number of hydrogen-bond acceptors (Lipinski definition) is 5. The quantitative estimate of drug-likeness (QED) is 0.637. The van der Waals surface area contributed by atoms with E-state index in [0.29, 0.717) is 24.2 Å². The van der Waals surface area contributed by atoms with Crippen molar-refractivity contribution in [2.24, 2.45) is 0 Å². The monoisotopic (exact) mass is 285 g/mol. The van der Waals surface area contributed by atoms with Gasteiger partial charge in [-0.25, -0.2) is 0 Å². The van der Waals surface area contributed by atoms with E-state index < -0.39 is 21.5 Å². The topological polar surface area (TPSA) is 75.3 Å². The van der Waals surface area contributed by atoms with E-state index in [9.17, 15) is 21.6 Å². The van der Waals surface area contributed by atoms with Crippen LogP contribution in [-0.4, -0.2) is 42.6 Å². The van der Waals surface area contributed by atoms with Crippen LogP contribution in [0.1, 0.15) is 11.3 Å². The number of fused-ring (bicyclic) bond motifs is 1. The second-order valence-corrected chi connectivity index (χ2v) is 5.49. The normalized spacial score (nSPS) is 17.6. The highest BCUT2D eigenvalue weighted by Gasteiger charge is 2.49. The Balaban J connectivity index is 2.29. The zero-order chi connectivity index (χ0) is 13.6. The van der Waals surface area contributed by atoms with Crippen molar-refractivity contribution in [3.63, 3.8) is 0 Å². The summed E-state index contributed by atoms with van der Waals surface area (Å²) in [6.45, 7) is 0.995. The molecule has 102 valence electrons. The number of hydrogen-bond donors (Lipinski definition) is 1. The van der Waals surface area contributed by atoms with E-state index in [-0.39, 0.29) is 6.54 Å². The van der Waals surface area contributed by atoms with Crippen LogP contribution in [-0.2, 0) is 23.1 Å². The highest BCUT2D eigenvalue weighted by atomic mass is 32.2. The fourth-order valence-electron chi connectivity index (χ4n) is 1.62. The average Bonchev–Trinajstić information content (AvgIpc) is 2.59. The minimum Gasteiger partial charge on any atom is -0.353 e. The van der Waals surface area contributed by atoms with Gasteiger partial charge in [-0.3, -0.25) is 5.10 Å². The fraction of sp³-hybridized carbons (Fsp3) is 0.625. The van der Waals surface area contributed by atoms with Crippen LogP contribution < -0.4 is 4.18 Å². The van der Waals surface area contributed by atoms with Crippen molar-refractivity contribution in [1.82, 2.24) is 15.1 Å². The Morgan fingerprint density at radius 1 is 1.44 bits per heavy atom. The Kier molecular flexibility index (Phi) is 3.01. The number of halogens is 3. The first-order valence-corrected chi connectivity index (χ1v) is 6.37. The Hall–Kier alpha value is -1.29. The van der Waals surface area contributed by atoms with E-state index in [0.717, 1.165) is 0 Å². The average molecular weight is 285 g/mol. The molecular weight excluding hydrogens is 275 g/mol. The lowest BCUT2D eigenvalue weighted by atomic mass is 10.1. The molecule has 2 rings (SSSR count). The third kappa shape index (κ3) is 2.29. The summed E-state index contributed by atoms with van der Waals surface area (Å²) in [5, 5.41) is 5.97. The van der Waals surface area contributed by atoms with E-state index in [1.54, 1.807) is 7.05 Å². The maximum atomic E-state index is 12.2. The van der Waals surface area contributed by atoms with E-state index in [1.807, 2.05) is 4.90 Å². The number of aromatic amines is 1. The van der Waals surface area contributed by atoms with Crippen molar-refractivity contribution in [2.75, 3.05) is 13.6 Å². The van der Waals surface area contributed by atoms with Gasteiger partial charge in [0.2, 0.25) is 0 Å². The lowest BCUT2D eigenvalue weighted by molar-refractivity contribution is -0.0501. The van der Waals surface area contributed by atoms with Gasteiger partial charge in [-0.2, -0.15) is 21.6 Å². The Bertz CT molecular complexity index is 552. The van der Waals surface area contributed by atoms with Crippen molar-refractivity contribution in [3.8, 4) is 5.88 Å². The van der Waals surface area contributed by atoms with Gasteiger partial charge < -0.3 is 9.08 Å². The largest absolute Gasteiger partial charge is 0.534 e. The summed E-state index contributed by atoms with van der Waals surface area (Å²) in [6, 6.07) is 0. The van der Waals surface area contributed by atoms with Gasteiger partial charge in [0, 0.05) is 25.2 Å². The van der Waals surface area contributed by atoms with E-state index in [1.165, 1.54) is 0 Å². The van der Waals surface area contributed by atoms with E-state index in [2.05, 4.69) is 14.4 Å². The van der Waals surface area contributed by atoms with E-state index in [4.69, 9.17) is 0 Å². The molecule has 1 aromatic heterocycles. The fourth-order valence-corrected chi connectivity index (χ4v) is 2.06. The van der Waals surface area contributed by atoms with Gasteiger partial charge in [-0.15, -0.1) is 5.10 Å². The van der Waals surface area contributed by atoms with E-state index >= 15 is 0 Å². The second kappa shape index (κ2) is 4.12.